The second-order valence-electron chi connectivity index (χ2n) is 6.06. The van der Waals surface area contributed by atoms with Gasteiger partial charge in [-0.1, -0.05) is 12.1 Å². The Labute approximate surface area is 176 Å². The quantitative estimate of drug-likeness (QED) is 0.319. The van der Waals surface area contributed by atoms with Crippen molar-refractivity contribution in [1.82, 2.24) is 10.6 Å². The third kappa shape index (κ3) is 8.28. The van der Waals surface area contributed by atoms with Crippen molar-refractivity contribution in [1.29, 1.82) is 0 Å². The number of ether oxygens (including phenoxy) is 1. The highest BCUT2D eigenvalue weighted by molar-refractivity contribution is 14.0. The fourth-order valence-electron chi connectivity index (χ4n) is 2.86. The smallest absolute Gasteiger partial charge is 0.272 e. The number of nitrogens with one attached hydrogen (secondary N) is 2. The maximum Gasteiger partial charge on any atom is 0.272 e. The van der Waals surface area contributed by atoms with Crippen LogP contribution < -0.4 is 15.4 Å². The van der Waals surface area contributed by atoms with Gasteiger partial charge in [-0.2, -0.15) is 11.8 Å². The van der Waals surface area contributed by atoms with Gasteiger partial charge in [-0.3, -0.25) is 0 Å². The summed E-state index contributed by atoms with van der Waals surface area (Å²) in [6, 6.07) is 7.61. The lowest BCUT2D eigenvalue weighted by Crippen LogP contribution is -2.42. The zero-order chi connectivity index (χ0) is 18.1. The van der Waals surface area contributed by atoms with Crippen molar-refractivity contribution in [3.63, 3.8) is 0 Å². The number of guanidine groups is 1. The lowest BCUT2D eigenvalue weighted by Gasteiger charge is -2.17. The summed E-state index contributed by atoms with van der Waals surface area (Å²) in [5, 5.41) is 7.50. The molecule has 0 radical (unpaired) electrons. The highest BCUT2D eigenvalue weighted by atomic mass is 127. The van der Waals surface area contributed by atoms with E-state index in [1.165, 1.54) is 6.42 Å². The average molecular weight is 499 g/mol. The van der Waals surface area contributed by atoms with Crippen molar-refractivity contribution in [2.45, 2.75) is 50.4 Å². The van der Waals surface area contributed by atoms with Gasteiger partial charge in [-0.25, -0.2) is 13.8 Å². The van der Waals surface area contributed by atoms with E-state index >= 15 is 0 Å². The normalized spacial score (nSPS) is 20.0. The van der Waals surface area contributed by atoms with E-state index in [4.69, 9.17) is 4.74 Å². The number of nitrogens with zero attached hydrogens (tertiary/aromatic N) is 1. The molecule has 0 heterocycles. The molecule has 8 heteroatoms. The first-order valence-electron chi connectivity index (χ1n) is 8.68. The van der Waals surface area contributed by atoms with Gasteiger partial charge in [-0.05, 0) is 50.1 Å². The molecule has 0 spiro atoms. The molecule has 26 heavy (non-hydrogen) atoms. The number of aliphatic imine (C=N–C) groups is 1. The zero-order valence-corrected chi connectivity index (χ0v) is 18.4. The van der Waals surface area contributed by atoms with Gasteiger partial charge in [0, 0.05) is 17.8 Å². The number of benzene rings is 1. The first-order chi connectivity index (χ1) is 12.1. The first kappa shape index (κ1) is 23.3. The van der Waals surface area contributed by atoms with Gasteiger partial charge in [0.15, 0.2) is 5.96 Å². The highest BCUT2D eigenvalue weighted by Crippen LogP contribution is 2.28. The fraction of sp³-hybridized carbons (Fsp3) is 0.611. The zero-order valence-electron chi connectivity index (χ0n) is 15.2. The van der Waals surface area contributed by atoms with E-state index in [0.717, 1.165) is 36.2 Å². The van der Waals surface area contributed by atoms with Crippen LogP contribution in [0.3, 0.4) is 0 Å². The molecule has 1 aliphatic rings. The standard InChI is InChI=1S/C18H27F2N3OS.HI/c1-3-21-18(23-14-7-8-16(10-14)25-2)22-11-13-5-4-6-15(9-13)24-12-17(19)20;/h4-6,9,14,16-17H,3,7-8,10-12H2,1-2H3,(H2,21,22,23);1H. The molecule has 1 aromatic rings. The average Bonchev–Trinajstić information content (AvgIpc) is 3.06. The molecule has 1 fully saturated rings. The summed E-state index contributed by atoms with van der Waals surface area (Å²) < 4.78 is 29.5. The van der Waals surface area contributed by atoms with Crippen LogP contribution in [-0.2, 0) is 6.54 Å². The summed E-state index contributed by atoms with van der Waals surface area (Å²) in [4.78, 5) is 4.62. The van der Waals surface area contributed by atoms with Crippen LogP contribution in [0, 0.1) is 0 Å². The largest absolute Gasteiger partial charge is 0.488 e. The Morgan fingerprint density at radius 3 is 2.85 bits per heavy atom. The third-order valence-corrected chi connectivity index (χ3v) is 5.19. The van der Waals surface area contributed by atoms with Crippen LogP contribution in [-0.4, -0.2) is 43.1 Å². The Bertz CT molecular complexity index is 563. The topological polar surface area (TPSA) is 45.7 Å². The van der Waals surface area contributed by atoms with Crippen LogP contribution in [0.4, 0.5) is 8.78 Å². The highest BCUT2D eigenvalue weighted by Gasteiger charge is 2.24. The Morgan fingerprint density at radius 1 is 1.38 bits per heavy atom. The molecule has 1 aromatic carbocycles. The lowest BCUT2D eigenvalue weighted by atomic mass is 10.2. The summed E-state index contributed by atoms with van der Waals surface area (Å²) >= 11 is 1.93. The molecule has 2 rings (SSSR count). The number of halogens is 3. The number of thioether (sulfide) groups is 1. The molecule has 1 aliphatic carbocycles. The minimum atomic E-state index is -2.47. The summed E-state index contributed by atoms with van der Waals surface area (Å²) in [5.74, 6) is 1.25. The van der Waals surface area contributed by atoms with E-state index in [1.54, 1.807) is 18.2 Å². The Hall–Kier alpha value is -0.770. The van der Waals surface area contributed by atoms with Crippen molar-refractivity contribution in [2.75, 3.05) is 19.4 Å². The van der Waals surface area contributed by atoms with Crippen molar-refractivity contribution < 1.29 is 13.5 Å². The molecule has 0 saturated heterocycles. The summed E-state index contributed by atoms with van der Waals surface area (Å²) in [6.45, 7) is 2.71. The lowest BCUT2D eigenvalue weighted by molar-refractivity contribution is 0.0818. The van der Waals surface area contributed by atoms with Crippen molar-refractivity contribution in [2.24, 2.45) is 4.99 Å². The number of hydrogen-bond donors (Lipinski definition) is 2. The van der Waals surface area contributed by atoms with Crippen LogP contribution >= 0.6 is 35.7 Å². The van der Waals surface area contributed by atoms with Gasteiger partial charge in [0.2, 0.25) is 0 Å². The summed E-state index contributed by atoms with van der Waals surface area (Å²) in [5.41, 5.74) is 0.928. The molecule has 2 N–H and O–H groups in total. The predicted octanol–water partition coefficient (Wildman–Crippen LogP) is 4.29. The van der Waals surface area contributed by atoms with Crippen LogP contribution in [0.2, 0.25) is 0 Å². The molecular weight excluding hydrogens is 471 g/mol. The van der Waals surface area contributed by atoms with Crippen molar-refractivity contribution >= 4 is 41.7 Å². The summed E-state index contributed by atoms with van der Waals surface area (Å²) in [6.07, 6.45) is 3.25. The van der Waals surface area contributed by atoms with Gasteiger partial charge in [0.1, 0.15) is 12.4 Å². The van der Waals surface area contributed by atoms with E-state index in [0.29, 0.717) is 18.3 Å². The molecular formula is C18H28F2IN3OS. The van der Waals surface area contributed by atoms with Gasteiger partial charge in [0.25, 0.3) is 6.43 Å². The molecule has 2 unspecified atom stereocenters. The van der Waals surface area contributed by atoms with Gasteiger partial charge < -0.3 is 15.4 Å². The SMILES string of the molecule is CCNC(=NCc1cccc(OCC(F)F)c1)NC1CCC(SC)C1.I. The monoisotopic (exact) mass is 499 g/mol. The van der Waals surface area contributed by atoms with E-state index < -0.39 is 13.0 Å². The van der Waals surface area contributed by atoms with Crippen LogP contribution in [0.15, 0.2) is 29.3 Å². The van der Waals surface area contributed by atoms with Crippen LogP contribution in [0.1, 0.15) is 31.7 Å². The molecule has 4 nitrogen and oxygen atoms in total. The Kier molecular flexibility index (Phi) is 11.3. The van der Waals surface area contributed by atoms with Crippen LogP contribution in [0.25, 0.3) is 0 Å². The van der Waals surface area contributed by atoms with E-state index in [9.17, 15) is 8.78 Å². The van der Waals surface area contributed by atoms with E-state index in [1.807, 2.05) is 24.8 Å². The molecule has 0 aromatic heterocycles. The first-order valence-corrected chi connectivity index (χ1v) is 9.97. The Morgan fingerprint density at radius 2 is 2.19 bits per heavy atom. The predicted molar refractivity (Wildman–Crippen MR) is 116 cm³/mol. The Balaban J connectivity index is 0.00000338. The minimum Gasteiger partial charge on any atom is -0.488 e. The second-order valence-corrected chi connectivity index (χ2v) is 7.19. The molecule has 0 bridgehead atoms. The van der Waals surface area contributed by atoms with Gasteiger partial charge >= 0.3 is 0 Å². The molecule has 0 amide bonds. The van der Waals surface area contributed by atoms with Crippen molar-refractivity contribution in [3.05, 3.63) is 29.8 Å². The third-order valence-electron chi connectivity index (χ3n) is 4.10. The van der Waals surface area contributed by atoms with E-state index in [-0.39, 0.29) is 24.0 Å². The number of alkyl halides is 2. The van der Waals surface area contributed by atoms with Gasteiger partial charge in [0.05, 0.1) is 6.54 Å². The number of rotatable bonds is 8. The molecule has 2 atom stereocenters. The maximum atomic E-state index is 12.2. The second kappa shape index (κ2) is 12.6. The molecule has 1 saturated carbocycles. The fourth-order valence-corrected chi connectivity index (χ4v) is 3.66. The van der Waals surface area contributed by atoms with Gasteiger partial charge in [-0.15, -0.1) is 24.0 Å². The maximum absolute atomic E-state index is 12.2. The molecule has 148 valence electrons. The van der Waals surface area contributed by atoms with Crippen molar-refractivity contribution in [3.8, 4) is 5.75 Å². The summed E-state index contributed by atoms with van der Waals surface area (Å²) in [7, 11) is 0. The van der Waals surface area contributed by atoms with Crippen LogP contribution in [0.5, 0.6) is 5.75 Å². The number of hydrogen-bond acceptors (Lipinski definition) is 3. The minimum absolute atomic E-state index is 0. The molecule has 0 aliphatic heterocycles. The van der Waals surface area contributed by atoms with E-state index in [2.05, 4.69) is 21.9 Å².